The first-order valence-electron chi connectivity index (χ1n) is 7.79. The van der Waals surface area contributed by atoms with Gasteiger partial charge in [-0.3, -0.25) is 5.10 Å². The molecule has 0 saturated heterocycles. The molecule has 0 spiro atoms. The van der Waals surface area contributed by atoms with Crippen LogP contribution in [0.15, 0.2) is 47.8 Å². The molecule has 0 atom stereocenters. The summed E-state index contributed by atoms with van der Waals surface area (Å²) in [6, 6.07) is 11.3. The number of ether oxygens (including phenoxy) is 2. The minimum absolute atomic E-state index is 0.358. The lowest BCUT2D eigenvalue weighted by Crippen LogP contribution is -2.00. The minimum Gasteiger partial charge on any atom is -0.496 e. The highest BCUT2D eigenvalue weighted by Gasteiger charge is 2.06. The number of halogens is 1. The largest absolute Gasteiger partial charge is 0.496 e. The number of aromatic amines is 1. The number of hydrogen-bond acceptors (Lipinski definition) is 5. The molecule has 0 saturated carbocycles. The van der Waals surface area contributed by atoms with Crippen LogP contribution in [0.3, 0.4) is 0 Å². The minimum atomic E-state index is 0.358. The van der Waals surface area contributed by atoms with E-state index >= 15 is 0 Å². The second-order valence-corrected chi connectivity index (χ2v) is 6.32. The van der Waals surface area contributed by atoms with E-state index < -0.39 is 0 Å². The van der Waals surface area contributed by atoms with Gasteiger partial charge in [-0.15, -0.1) is 0 Å². The van der Waals surface area contributed by atoms with Crippen molar-refractivity contribution in [2.24, 2.45) is 5.10 Å². The Balaban J connectivity index is 1.79. The highest BCUT2D eigenvalue weighted by molar-refractivity contribution is 7.71. The molecule has 3 aromatic rings. The number of nitrogens with one attached hydrogen (secondary N) is 1. The second-order valence-electron chi connectivity index (χ2n) is 5.52. The number of methoxy groups -OCH3 is 1. The van der Waals surface area contributed by atoms with Gasteiger partial charge in [0.2, 0.25) is 4.77 Å². The SMILES string of the molecule is COc1ccc(/C=N/n2cn[nH]c2=S)cc1COc1ccc(Cl)c(C)c1. The van der Waals surface area contributed by atoms with Gasteiger partial charge >= 0.3 is 0 Å². The summed E-state index contributed by atoms with van der Waals surface area (Å²) in [5.41, 5.74) is 2.76. The van der Waals surface area contributed by atoms with Crippen LogP contribution in [0.25, 0.3) is 0 Å². The third-order valence-electron chi connectivity index (χ3n) is 3.69. The van der Waals surface area contributed by atoms with Gasteiger partial charge in [0, 0.05) is 10.6 Å². The molecule has 8 heteroatoms. The average molecular weight is 389 g/mol. The zero-order valence-corrected chi connectivity index (χ0v) is 15.8. The number of H-pyrrole nitrogens is 1. The standard InChI is InChI=1S/C18H17ClN4O2S/c1-12-7-15(4-5-16(12)19)25-10-14-8-13(3-6-17(14)24-2)9-21-23-11-20-22-18(23)26/h3-9,11H,10H2,1-2H3,(H,22,26)/b21-9+. The first kappa shape index (κ1) is 18.2. The molecule has 0 radical (unpaired) electrons. The summed E-state index contributed by atoms with van der Waals surface area (Å²) in [7, 11) is 1.63. The van der Waals surface area contributed by atoms with Crippen LogP contribution in [-0.4, -0.2) is 28.2 Å². The maximum Gasteiger partial charge on any atom is 0.216 e. The average Bonchev–Trinajstić information content (AvgIpc) is 3.06. The van der Waals surface area contributed by atoms with Gasteiger partial charge in [-0.1, -0.05) is 11.6 Å². The van der Waals surface area contributed by atoms with Crippen LogP contribution >= 0.6 is 23.8 Å². The summed E-state index contributed by atoms with van der Waals surface area (Å²) < 4.78 is 13.2. The smallest absolute Gasteiger partial charge is 0.216 e. The molecule has 0 unspecified atom stereocenters. The maximum atomic E-state index is 6.05. The Morgan fingerprint density at radius 3 is 2.85 bits per heavy atom. The van der Waals surface area contributed by atoms with E-state index in [1.165, 1.54) is 11.0 Å². The zero-order valence-electron chi connectivity index (χ0n) is 14.3. The van der Waals surface area contributed by atoms with Crippen molar-refractivity contribution in [2.45, 2.75) is 13.5 Å². The molecule has 134 valence electrons. The summed E-state index contributed by atoms with van der Waals surface area (Å²) in [4.78, 5) is 0. The number of aryl methyl sites for hydroxylation is 1. The zero-order chi connectivity index (χ0) is 18.5. The monoisotopic (exact) mass is 388 g/mol. The number of nitrogens with zero attached hydrogens (tertiary/aromatic N) is 3. The predicted octanol–water partition coefficient (Wildman–Crippen LogP) is 4.37. The van der Waals surface area contributed by atoms with E-state index in [0.29, 0.717) is 16.4 Å². The molecule has 1 aromatic heterocycles. The van der Waals surface area contributed by atoms with Gasteiger partial charge in [-0.25, -0.2) is 0 Å². The van der Waals surface area contributed by atoms with Crippen molar-refractivity contribution >= 4 is 30.0 Å². The molecule has 6 nitrogen and oxygen atoms in total. The van der Waals surface area contributed by atoms with Crippen molar-refractivity contribution in [3.63, 3.8) is 0 Å². The topological polar surface area (TPSA) is 64.4 Å². The van der Waals surface area contributed by atoms with E-state index in [0.717, 1.165) is 28.2 Å². The van der Waals surface area contributed by atoms with Crippen LogP contribution in [0, 0.1) is 11.7 Å². The molecule has 0 amide bonds. The summed E-state index contributed by atoms with van der Waals surface area (Å²) >= 11 is 11.1. The maximum absolute atomic E-state index is 6.05. The molecule has 0 aliphatic carbocycles. The molecule has 0 fully saturated rings. The van der Waals surface area contributed by atoms with Crippen molar-refractivity contribution in [2.75, 3.05) is 7.11 Å². The number of benzene rings is 2. The Bertz CT molecular complexity index is 997. The Morgan fingerprint density at radius 1 is 1.31 bits per heavy atom. The van der Waals surface area contributed by atoms with Gasteiger partial charge in [0.15, 0.2) is 0 Å². The van der Waals surface area contributed by atoms with Gasteiger partial charge in [0.1, 0.15) is 24.4 Å². The van der Waals surface area contributed by atoms with Crippen LogP contribution in [0.1, 0.15) is 16.7 Å². The lowest BCUT2D eigenvalue weighted by molar-refractivity contribution is 0.296. The molecule has 26 heavy (non-hydrogen) atoms. The van der Waals surface area contributed by atoms with Crippen LogP contribution < -0.4 is 9.47 Å². The van der Waals surface area contributed by atoms with E-state index in [9.17, 15) is 0 Å². The predicted molar refractivity (Wildman–Crippen MR) is 104 cm³/mol. The summed E-state index contributed by atoms with van der Waals surface area (Å²) in [5.74, 6) is 1.49. The lowest BCUT2D eigenvalue weighted by atomic mass is 10.1. The second kappa shape index (κ2) is 8.16. The van der Waals surface area contributed by atoms with Crippen molar-refractivity contribution < 1.29 is 9.47 Å². The third kappa shape index (κ3) is 4.30. The Hall–Kier alpha value is -2.64. The molecule has 3 rings (SSSR count). The summed E-state index contributed by atoms with van der Waals surface area (Å²) in [5, 5.41) is 11.5. The van der Waals surface area contributed by atoms with Crippen molar-refractivity contribution in [1.82, 2.24) is 14.9 Å². The molecular formula is C18H17ClN4O2S. The van der Waals surface area contributed by atoms with Gasteiger partial charge in [-0.2, -0.15) is 14.9 Å². The Labute approximate surface area is 161 Å². The number of aromatic nitrogens is 3. The van der Waals surface area contributed by atoms with E-state index in [4.69, 9.17) is 33.3 Å². The fourth-order valence-corrected chi connectivity index (χ4v) is 2.58. The van der Waals surface area contributed by atoms with E-state index in [1.54, 1.807) is 13.3 Å². The third-order valence-corrected chi connectivity index (χ3v) is 4.40. The first-order chi connectivity index (χ1) is 12.6. The van der Waals surface area contributed by atoms with Gasteiger partial charge < -0.3 is 9.47 Å². The molecular weight excluding hydrogens is 372 g/mol. The van der Waals surface area contributed by atoms with E-state index in [2.05, 4.69) is 15.3 Å². The van der Waals surface area contributed by atoms with E-state index in [1.807, 2.05) is 43.3 Å². The molecule has 0 bridgehead atoms. The van der Waals surface area contributed by atoms with Gasteiger partial charge in [0.25, 0.3) is 0 Å². The van der Waals surface area contributed by atoms with Crippen LogP contribution in [-0.2, 0) is 6.61 Å². The molecule has 1 N–H and O–H groups in total. The Morgan fingerprint density at radius 2 is 2.15 bits per heavy atom. The van der Waals surface area contributed by atoms with Gasteiger partial charge in [-0.05, 0) is 66.7 Å². The van der Waals surface area contributed by atoms with Crippen molar-refractivity contribution in [3.05, 3.63) is 69.2 Å². The summed E-state index contributed by atoms with van der Waals surface area (Å²) in [6.45, 7) is 2.30. The number of hydrogen-bond donors (Lipinski definition) is 1. The highest BCUT2D eigenvalue weighted by atomic mass is 35.5. The normalized spacial score (nSPS) is 11.0. The molecule has 0 aliphatic rings. The first-order valence-corrected chi connectivity index (χ1v) is 8.57. The highest BCUT2D eigenvalue weighted by Crippen LogP contribution is 2.24. The molecule has 1 heterocycles. The van der Waals surface area contributed by atoms with Crippen molar-refractivity contribution in [1.29, 1.82) is 0 Å². The molecule has 2 aromatic carbocycles. The van der Waals surface area contributed by atoms with Crippen molar-refractivity contribution in [3.8, 4) is 11.5 Å². The van der Waals surface area contributed by atoms with Crippen LogP contribution in [0.4, 0.5) is 0 Å². The van der Waals surface area contributed by atoms with Crippen LogP contribution in [0.5, 0.6) is 11.5 Å². The lowest BCUT2D eigenvalue weighted by Gasteiger charge is -2.12. The summed E-state index contributed by atoms with van der Waals surface area (Å²) in [6.07, 6.45) is 3.20. The fourth-order valence-electron chi connectivity index (χ4n) is 2.31. The Kier molecular flexibility index (Phi) is 5.70. The quantitative estimate of drug-likeness (QED) is 0.503. The van der Waals surface area contributed by atoms with Crippen LogP contribution in [0.2, 0.25) is 5.02 Å². The molecule has 0 aliphatic heterocycles. The fraction of sp³-hybridized carbons (Fsp3) is 0.167. The van der Waals surface area contributed by atoms with E-state index in [-0.39, 0.29) is 0 Å². The van der Waals surface area contributed by atoms with Gasteiger partial charge in [0.05, 0.1) is 13.3 Å². The number of rotatable bonds is 6.